The number of hydrogen-bond donors (Lipinski definition) is 2. The Balaban J connectivity index is 1.27. The number of likely N-dealkylation sites (N-methyl/N-ethyl adjacent to an activating group) is 1. The van der Waals surface area contributed by atoms with Gasteiger partial charge in [-0.3, -0.25) is 34.0 Å². The summed E-state index contributed by atoms with van der Waals surface area (Å²) in [5.41, 5.74) is 10.3. The van der Waals surface area contributed by atoms with E-state index in [1.54, 1.807) is 20.4 Å². The van der Waals surface area contributed by atoms with E-state index in [1.165, 1.54) is 20.9 Å². The largest absolute Gasteiger partial charge is 0.464 e. The van der Waals surface area contributed by atoms with E-state index >= 15 is 0 Å². The first-order chi connectivity index (χ1) is 32.0. The normalized spacial score (nSPS) is 21.0. The van der Waals surface area contributed by atoms with Gasteiger partial charge in [-0.05, 0) is 98.0 Å². The van der Waals surface area contributed by atoms with Crippen molar-refractivity contribution in [2.24, 2.45) is 17.3 Å². The molecule has 0 spiro atoms. The van der Waals surface area contributed by atoms with E-state index in [0.717, 1.165) is 56.2 Å². The van der Waals surface area contributed by atoms with Crippen LogP contribution in [-0.2, 0) is 52.8 Å². The SMILES string of the molecule is CCn1c(-c2cccnc2C(C)OC)c2c3cc(ccc31)-c1cccc(c1)C[C@H](NC(=O)[C@H](C(C)C)N(C)C(=O)[C@H]1CCN(C(=O)/C=C/CF)C1)C(=O)N1CCC[C@H](N1)C(=O)OCC(C)(C)C2. The molecule has 0 radical (unpaired) electrons. The number of fused-ring (bicyclic) bond motifs is 6. The Hall–Kier alpha value is -5.93. The topological polar surface area (TPSA) is 155 Å². The predicted molar refractivity (Wildman–Crippen MR) is 255 cm³/mol. The van der Waals surface area contributed by atoms with E-state index < -0.39 is 53.9 Å². The number of likely N-dealkylation sites (tertiary alicyclic amines) is 1. The van der Waals surface area contributed by atoms with Gasteiger partial charge in [-0.1, -0.05) is 58.0 Å². The highest BCUT2D eigenvalue weighted by atomic mass is 19.1. The number of esters is 1. The number of nitrogens with zero attached hydrogens (tertiary/aromatic N) is 5. The second-order valence-corrected chi connectivity index (χ2v) is 19.3. The van der Waals surface area contributed by atoms with Crippen LogP contribution in [0.15, 0.2) is 72.9 Å². The summed E-state index contributed by atoms with van der Waals surface area (Å²) >= 11 is 0. The van der Waals surface area contributed by atoms with Gasteiger partial charge in [0, 0.05) is 80.9 Å². The number of methoxy groups -OCH3 is 1. The van der Waals surface area contributed by atoms with Gasteiger partial charge in [0.2, 0.25) is 17.7 Å². The molecular formula is C52H66FN7O7. The zero-order valence-corrected chi connectivity index (χ0v) is 40.1. The van der Waals surface area contributed by atoms with E-state index in [0.29, 0.717) is 45.3 Å². The molecule has 6 bridgehead atoms. The van der Waals surface area contributed by atoms with Crippen molar-refractivity contribution in [3.63, 3.8) is 0 Å². The zero-order chi connectivity index (χ0) is 48.2. The van der Waals surface area contributed by atoms with Crippen molar-refractivity contribution in [1.29, 1.82) is 0 Å². The standard InChI is InChI=1S/C52H66FN7O7/c1-9-59-43-20-19-36-28-39(43)40(47(59)38-16-12-23-54-45(38)33(4)66-8)29-52(5,6)31-67-51(65)41-17-13-24-60(56-41)50(64)42(27-34-14-10-15-35(36)26-34)55-48(62)46(32(2)3)57(7)49(63)37-21-25-58(30-37)44(61)18-11-22-53/h10-12,14-16,18-20,23,26,28,32-33,37,41-42,46,56H,9,13,17,21-22,24-25,27,29-31H2,1-8H3,(H,55,62)/b18-11+/t33?,37-,41-,42-,46-/m0/s1. The van der Waals surface area contributed by atoms with Crippen LogP contribution >= 0.6 is 0 Å². The molecule has 4 aromatic rings. The number of benzene rings is 2. The number of halogens is 1. The number of allylic oxidation sites excluding steroid dienone is 1. The summed E-state index contributed by atoms with van der Waals surface area (Å²) in [6.07, 6.45) is 5.94. The van der Waals surface area contributed by atoms with Crippen LogP contribution in [0.1, 0.15) is 83.7 Å². The second-order valence-electron chi connectivity index (χ2n) is 19.3. The van der Waals surface area contributed by atoms with Gasteiger partial charge in [0.25, 0.3) is 5.91 Å². The third kappa shape index (κ3) is 10.6. The number of carbonyl (C=O) groups excluding carboxylic acids is 5. The maximum Gasteiger partial charge on any atom is 0.324 e. The van der Waals surface area contributed by atoms with Crippen LogP contribution in [0.4, 0.5) is 4.39 Å². The lowest BCUT2D eigenvalue weighted by Crippen LogP contribution is -2.62. The van der Waals surface area contributed by atoms with E-state index in [2.05, 4.69) is 60.3 Å². The fraction of sp³-hybridized carbons (Fsp3) is 0.500. The van der Waals surface area contributed by atoms with Crippen LogP contribution in [0.3, 0.4) is 0 Å². The number of hydrogen-bond acceptors (Lipinski definition) is 9. The van der Waals surface area contributed by atoms with Crippen LogP contribution in [-0.4, -0.2) is 119 Å². The average molecular weight is 920 g/mol. The molecule has 15 heteroatoms. The highest BCUT2D eigenvalue weighted by Gasteiger charge is 2.40. The van der Waals surface area contributed by atoms with Gasteiger partial charge >= 0.3 is 5.97 Å². The lowest BCUT2D eigenvalue weighted by molar-refractivity contribution is -0.155. The van der Waals surface area contributed by atoms with Crippen molar-refractivity contribution >= 4 is 40.5 Å². The first kappa shape index (κ1) is 49.0. The highest BCUT2D eigenvalue weighted by molar-refractivity contribution is 5.96. The fourth-order valence-electron chi connectivity index (χ4n) is 10.0. The molecule has 0 aliphatic carbocycles. The summed E-state index contributed by atoms with van der Waals surface area (Å²) in [5, 5.41) is 5.53. The molecular weight excluding hydrogens is 854 g/mol. The molecule has 2 saturated heterocycles. The number of aryl methyl sites for hydroxylation is 1. The number of alkyl halides is 1. The minimum atomic E-state index is -1.08. The van der Waals surface area contributed by atoms with Gasteiger partial charge in [-0.2, -0.15) is 0 Å². The average Bonchev–Trinajstić information content (AvgIpc) is 3.94. The minimum absolute atomic E-state index is 0.124. The molecule has 67 heavy (non-hydrogen) atoms. The number of carbonyl (C=O) groups is 5. The van der Waals surface area contributed by atoms with Crippen molar-refractivity contribution in [3.8, 4) is 22.4 Å². The molecule has 2 fully saturated rings. The third-order valence-electron chi connectivity index (χ3n) is 13.5. The summed E-state index contributed by atoms with van der Waals surface area (Å²) in [6, 6.07) is 15.7. The van der Waals surface area contributed by atoms with E-state index in [1.807, 2.05) is 51.1 Å². The van der Waals surface area contributed by atoms with Gasteiger partial charge in [-0.25, -0.2) is 9.82 Å². The van der Waals surface area contributed by atoms with Crippen molar-refractivity contribution in [2.45, 2.75) is 104 Å². The van der Waals surface area contributed by atoms with Crippen molar-refractivity contribution < 1.29 is 37.8 Å². The van der Waals surface area contributed by atoms with Crippen molar-refractivity contribution in [3.05, 3.63) is 89.8 Å². The van der Waals surface area contributed by atoms with Crippen LogP contribution < -0.4 is 10.7 Å². The number of rotatable bonds is 11. The molecule has 3 aliphatic rings. The maximum absolute atomic E-state index is 14.7. The Kier molecular flexibility index (Phi) is 15.3. The molecule has 2 N–H and O–H groups in total. The van der Waals surface area contributed by atoms with E-state index in [9.17, 15) is 28.4 Å². The molecule has 1 unspecified atom stereocenters. The summed E-state index contributed by atoms with van der Waals surface area (Å²) in [5.74, 6) is -2.93. The van der Waals surface area contributed by atoms with E-state index in [-0.39, 0.29) is 43.4 Å². The van der Waals surface area contributed by atoms with Gasteiger partial charge in [0.15, 0.2) is 0 Å². The number of pyridine rings is 1. The molecule has 14 nitrogen and oxygen atoms in total. The molecule has 3 aliphatic heterocycles. The number of aromatic nitrogens is 2. The van der Waals surface area contributed by atoms with Crippen LogP contribution in [0, 0.1) is 17.3 Å². The fourth-order valence-corrected chi connectivity index (χ4v) is 10.0. The smallest absolute Gasteiger partial charge is 0.324 e. The number of hydrazine groups is 1. The Morgan fingerprint density at radius 2 is 1.84 bits per heavy atom. The Labute approximate surface area is 393 Å². The van der Waals surface area contributed by atoms with Gasteiger partial charge in [0.1, 0.15) is 24.8 Å². The van der Waals surface area contributed by atoms with Crippen molar-refractivity contribution in [2.75, 3.05) is 47.1 Å². The third-order valence-corrected chi connectivity index (χ3v) is 13.5. The highest BCUT2D eigenvalue weighted by Crippen LogP contribution is 2.42. The molecule has 2 aromatic carbocycles. The number of ether oxygens (including phenoxy) is 2. The van der Waals surface area contributed by atoms with Crippen LogP contribution in [0.2, 0.25) is 0 Å². The number of nitrogens with one attached hydrogen (secondary N) is 2. The monoisotopic (exact) mass is 920 g/mol. The maximum atomic E-state index is 14.7. The minimum Gasteiger partial charge on any atom is -0.464 e. The molecule has 358 valence electrons. The van der Waals surface area contributed by atoms with Crippen LogP contribution in [0.5, 0.6) is 0 Å². The first-order valence-electron chi connectivity index (χ1n) is 23.6. The summed E-state index contributed by atoms with van der Waals surface area (Å²) in [4.78, 5) is 77.4. The second kappa shape index (κ2) is 20.9. The van der Waals surface area contributed by atoms with Crippen molar-refractivity contribution in [1.82, 2.24) is 35.1 Å². The zero-order valence-electron chi connectivity index (χ0n) is 40.1. The Bertz CT molecular complexity index is 2520. The van der Waals surface area contributed by atoms with E-state index in [4.69, 9.17) is 14.5 Å². The molecule has 0 saturated carbocycles. The van der Waals surface area contributed by atoms with Gasteiger partial charge < -0.3 is 29.2 Å². The number of amides is 4. The van der Waals surface area contributed by atoms with Gasteiger partial charge in [0.05, 0.1) is 30.0 Å². The quantitative estimate of drug-likeness (QED) is 0.125. The summed E-state index contributed by atoms with van der Waals surface area (Å²) in [7, 11) is 3.26. The molecule has 5 heterocycles. The molecule has 2 aromatic heterocycles. The van der Waals surface area contributed by atoms with Gasteiger partial charge in [-0.15, -0.1) is 0 Å². The Morgan fingerprint density at radius 1 is 1.06 bits per heavy atom. The Morgan fingerprint density at radius 3 is 2.57 bits per heavy atom. The van der Waals surface area contributed by atoms with Crippen LogP contribution in [0.25, 0.3) is 33.3 Å². The summed E-state index contributed by atoms with van der Waals surface area (Å²) in [6.45, 7) is 12.9. The molecule has 4 amide bonds. The lowest BCUT2D eigenvalue weighted by Gasteiger charge is -2.37. The number of cyclic esters (lactones) is 1. The lowest BCUT2D eigenvalue weighted by atomic mass is 9.84. The predicted octanol–water partition coefficient (Wildman–Crippen LogP) is 6.60. The molecule has 5 atom stereocenters. The molecule has 7 rings (SSSR count). The first-order valence-corrected chi connectivity index (χ1v) is 23.6. The summed E-state index contributed by atoms with van der Waals surface area (Å²) < 4.78 is 27.0.